The Bertz CT molecular complexity index is 1540. The molecule has 44 heavy (non-hydrogen) atoms. The smallest absolute Gasteiger partial charge is 0.407 e. The number of primary amides is 1. The lowest BCUT2D eigenvalue weighted by Crippen LogP contribution is -2.45. The van der Waals surface area contributed by atoms with Gasteiger partial charge in [0.25, 0.3) is 0 Å². The molecule has 0 unspecified atom stereocenters. The highest BCUT2D eigenvalue weighted by Crippen LogP contribution is 2.33. The molecule has 0 aliphatic heterocycles. The molecule has 3 aromatic rings. The van der Waals surface area contributed by atoms with Gasteiger partial charge in [-0.25, -0.2) is 46.6 Å². The zero-order valence-corrected chi connectivity index (χ0v) is 23.3. The largest absolute Gasteiger partial charge is 0.465 e. The summed E-state index contributed by atoms with van der Waals surface area (Å²) in [6, 6.07) is 5.23. The number of nitrogens with one attached hydrogen (secondary N) is 2. The zero-order chi connectivity index (χ0) is 32.6. The summed E-state index contributed by atoms with van der Waals surface area (Å²) in [6.45, 7) is 2.12. The molecule has 1 atom stereocenters. The summed E-state index contributed by atoms with van der Waals surface area (Å²) in [5, 5.41) is 13.2. The number of ether oxygens (including phenoxy) is 2. The van der Waals surface area contributed by atoms with Crippen molar-refractivity contribution >= 4 is 35.7 Å². The van der Waals surface area contributed by atoms with Gasteiger partial charge in [-0.15, -0.1) is 0 Å². The lowest BCUT2D eigenvalue weighted by molar-refractivity contribution is -0.147. The van der Waals surface area contributed by atoms with E-state index in [4.69, 9.17) is 20.3 Å². The third-order valence-corrected chi connectivity index (χ3v) is 5.94. The number of pyridine rings is 1. The van der Waals surface area contributed by atoms with E-state index in [1.54, 1.807) is 13.8 Å². The number of amides is 4. The molecular weight excluding hydrogens is 594 g/mol. The van der Waals surface area contributed by atoms with Crippen LogP contribution < -0.4 is 21.3 Å². The number of anilines is 2. The molecule has 12 nitrogen and oxygen atoms in total. The van der Waals surface area contributed by atoms with Crippen molar-refractivity contribution in [3.63, 3.8) is 0 Å². The van der Waals surface area contributed by atoms with Gasteiger partial charge in [0.15, 0.2) is 0 Å². The lowest BCUT2D eigenvalue weighted by Gasteiger charge is -2.22. The van der Waals surface area contributed by atoms with Gasteiger partial charge >= 0.3 is 24.2 Å². The molecule has 0 saturated heterocycles. The van der Waals surface area contributed by atoms with E-state index in [0.29, 0.717) is 11.0 Å². The highest BCUT2D eigenvalue weighted by molar-refractivity contribution is 5.98. The highest BCUT2D eigenvalue weighted by atomic mass is 19.1. The number of nitrogens with zero attached hydrogens (tertiary/aromatic N) is 2. The van der Waals surface area contributed by atoms with Crippen molar-refractivity contribution in [2.45, 2.75) is 26.5 Å². The topological polar surface area (TPSA) is 173 Å². The van der Waals surface area contributed by atoms with E-state index < -0.39 is 77.5 Å². The molecule has 2 aromatic carbocycles. The number of nitrogens with two attached hydrogens (primary N) is 1. The van der Waals surface area contributed by atoms with Gasteiger partial charge in [-0.05, 0) is 42.3 Å². The van der Waals surface area contributed by atoms with E-state index in [1.807, 2.05) is 5.32 Å². The van der Waals surface area contributed by atoms with Gasteiger partial charge in [0.05, 0.1) is 12.2 Å². The molecule has 3 rings (SSSR count). The van der Waals surface area contributed by atoms with Crippen molar-refractivity contribution in [3.8, 4) is 11.3 Å². The van der Waals surface area contributed by atoms with Crippen molar-refractivity contribution in [3.05, 3.63) is 77.4 Å². The van der Waals surface area contributed by atoms with Crippen molar-refractivity contribution < 1.29 is 51.3 Å². The number of aromatic nitrogens is 1. The van der Waals surface area contributed by atoms with Crippen LogP contribution in [0.5, 0.6) is 0 Å². The van der Waals surface area contributed by atoms with E-state index in [-0.39, 0.29) is 30.0 Å². The van der Waals surface area contributed by atoms with Crippen LogP contribution in [0.2, 0.25) is 0 Å². The summed E-state index contributed by atoms with van der Waals surface area (Å²) in [5.74, 6) is -5.96. The van der Waals surface area contributed by atoms with Crippen LogP contribution in [-0.4, -0.2) is 53.5 Å². The molecule has 0 bridgehead atoms. The van der Waals surface area contributed by atoms with Gasteiger partial charge in [0.2, 0.25) is 0 Å². The number of carbonyl (C=O) groups excluding carboxylic acids is 3. The van der Waals surface area contributed by atoms with Crippen LogP contribution in [-0.2, 0) is 20.9 Å². The van der Waals surface area contributed by atoms with Crippen LogP contribution in [0.3, 0.4) is 0 Å². The number of para-hydroxylation sites is 1. The number of benzene rings is 2. The van der Waals surface area contributed by atoms with Crippen LogP contribution >= 0.6 is 0 Å². The van der Waals surface area contributed by atoms with Gasteiger partial charge in [-0.2, -0.15) is 0 Å². The minimum atomic E-state index is -1.41. The maximum atomic E-state index is 14.8. The molecule has 16 heteroatoms. The monoisotopic (exact) mass is 621 g/mol. The van der Waals surface area contributed by atoms with E-state index in [0.717, 1.165) is 36.4 Å². The molecule has 0 aliphatic rings. The summed E-state index contributed by atoms with van der Waals surface area (Å²) in [5.41, 5.74) is 4.02. The van der Waals surface area contributed by atoms with Gasteiger partial charge in [0, 0.05) is 17.2 Å². The number of urea groups is 1. The third-order valence-electron chi connectivity index (χ3n) is 5.94. The first-order valence-corrected chi connectivity index (χ1v) is 12.9. The number of carbonyl (C=O) groups is 4. The van der Waals surface area contributed by atoms with Crippen molar-refractivity contribution in [1.29, 1.82) is 0 Å². The van der Waals surface area contributed by atoms with Crippen LogP contribution in [0.1, 0.15) is 19.4 Å². The molecule has 4 amide bonds. The Morgan fingerprint density at radius 2 is 1.66 bits per heavy atom. The molecule has 0 fully saturated rings. The SMILES string of the molecule is CC(C)[C@H](NC(=O)O)C(=O)OCCNC(=O)OCc1ccc(N(C(N)=O)c2c(F)cccc2F)nc1-c1ccc(F)cc1F. The Balaban J connectivity index is 1.79. The minimum absolute atomic E-state index is 0.0405. The fourth-order valence-corrected chi connectivity index (χ4v) is 3.89. The number of rotatable bonds is 11. The number of alkyl carbamates (subject to hydrolysis) is 1. The van der Waals surface area contributed by atoms with Gasteiger partial charge in [0.1, 0.15) is 54.0 Å². The predicted molar refractivity (Wildman–Crippen MR) is 147 cm³/mol. The molecule has 1 aromatic heterocycles. The molecule has 0 saturated carbocycles. The number of halogens is 4. The summed E-state index contributed by atoms with van der Waals surface area (Å²) in [7, 11) is 0. The minimum Gasteiger partial charge on any atom is -0.465 e. The first-order chi connectivity index (χ1) is 20.8. The number of hydrogen-bond acceptors (Lipinski definition) is 7. The van der Waals surface area contributed by atoms with Gasteiger partial charge in [-0.3, -0.25) is 0 Å². The second-order valence-corrected chi connectivity index (χ2v) is 9.39. The molecular formula is C28H27F4N5O7. The average molecular weight is 622 g/mol. The number of esters is 1. The fourth-order valence-electron chi connectivity index (χ4n) is 3.89. The molecule has 5 N–H and O–H groups in total. The maximum absolute atomic E-state index is 14.8. The Kier molecular flexibility index (Phi) is 11.0. The third kappa shape index (κ3) is 8.33. The average Bonchev–Trinajstić information content (AvgIpc) is 2.94. The van der Waals surface area contributed by atoms with Crippen molar-refractivity contribution in [2.75, 3.05) is 18.1 Å². The van der Waals surface area contributed by atoms with E-state index in [1.165, 1.54) is 6.07 Å². The summed E-state index contributed by atoms with van der Waals surface area (Å²) >= 11 is 0. The molecule has 0 radical (unpaired) electrons. The highest BCUT2D eigenvalue weighted by Gasteiger charge is 2.27. The molecule has 1 heterocycles. The standard InChI is InChI=1S/C28H27F4N5O7/c1-14(2)22(36-27(40)41)25(38)43-11-10-34-28(42)44-13-15-6-9-21(35-23(15)17-8-7-16(29)12-20(17)32)37(26(33)39)24-18(30)4-3-5-19(24)31/h3-9,12,14,22,36H,10-11,13H2,1-2H3,(H2,33,39)(H,34,42)(H,40,41)/t22-/m0/s1. The molecule has 0 spiro atoms. The lowest BCUT2D eigenvalue weighted by atomic mass is 10.1. The first kappa shape index (κ1) is 33.1. The molecule has 234 valence electrons. The quantitative estimate of drug-likeness (QED) is 0.137. The fraction of sp³-hybridized carbons (Fsp3) is 0.250. The first-order valence-electron chi connectivity index (χ1n) is 12.9. The Morgan fingerprint density at radius 1 is 0.977 bits per heavy atom. The maximum Gasteiger partial charge on any atom is 0.407 e. The van der Waals surface area contributed by atoms with Crippen LogP contribution in [0.15, 0.2) is 48.5 Å². The summed E-state index contributed by atoms with van der Waals surface area (Å²) in [6.07, 6.45) is -2.42. The van der Waals surface area contributed by atoms with E-state index in [2.05, 4.69) is 10.3 Å². The van der Waals surface area contributed by atoms with Crippen LogP contribution in [0.4, 0.5) is 43.5 Å². The zero-order valence-electron chi connectivity index (χ0n) is 23.3. The van der Waals surface area contributed by atoms with Crippen molar-refractivity contribution in [2.24, 2.45) is 11.7 Å². The number of hydrogen-bond donors (Lipinski definition) is 4. The van der Waals surface area contributed by atoms with Gasteiger partial charge in [-0.1, -0.05) is 19.9 Å². The summed E-state index contributed by atoms with van der Waals surface area (Å²) < 4.78 is 67.6. The Labute approximate surface area is 247 Å². The van der Waals surface area contributed by atoms with Crippen LogP contribution in [0.25, 0.3) is 11.3 Å². The second-order valence-electron chi connectivity index (χ2n) is 9.39. The predicted octanol–water partition coefficient (Wildman–Crippen LogP) is 4.58. The van der Waals surface area contributed by atoms with Crippen molar-refractivity contribution in [1.82, 2.24) is 15.6 Å². The normalized spacial score (nSPS) is 11.4. The Hall–Kier alpha value is -5.41. The molecule has 0 aliphatic carbocycles. The second kappa shape index (κ2) is 14.7. The van der Waals surface area contributed by atoms with E-state index in [9.17, 15) is 36.7 Å². The number of carboxylic acid groups (broad SMARTS) is 1. The Morgan fingerprint density at radius 3 is 2.25 bits per heavy atom. The van der Waals surface area contributed by atoms with Gasteiger partial charge < -0.3 is 30.9 Å². The van der Waals surface area contributed by atoms with Crippen LogP contribution in [0, 0.1) is 29.2 Å². The van der Waals surface area contributed by atoms with E-state index >= 15 is 0 Å². The summed E-state index contributed by atoms with van der Waals surface area (Å²) in [4.78, 5) is 52.1.